The average Bonchev–Trinajstić information content (AvgIpc) is 2.76. The monoisotopic (exact) mass is 230 g/mol. The molecule has 0 fully saturated rings. The molecule has 90 valence electrons. The van der Waals surface area contributed by atoms with Crippen molar-refractivity contribution in [3.63, 3.8) is 0 Å². The highest BCUT2D eigenvalue weighted by Gasteiger charge is 2.14. The molecule has 2 rings (SSSR count). The van der Waals surface area contributed by atoms with E-state index < -0.39 is 0 Å². The van der Waals surface area contributed by atoms with E-state index in [1.165, 1.54) is 0 Å². The smallest absolute Gasteiger partial charge is 0.123 e. The normalized spacial score (nSPS) is 12.9. The number of nitrogens with two attached hydrogens (primary N) is 1. The van der Waals surface area contributed by atoms with Crippen molar-refractivity contribution in [3.05, 3.63) is 30.9 Å². The molecule has 0 aliphatic carbocycles. The molecule has 2 aromatic rings. The Hall–Kier alpha value is -1.84. The second kappa shape index (κ2) is 4.57. The fourth-order valence-electron chi connectivity index (χ4n) is 1.78. The summed E-state index contributed by atoms with van der Waals surface area (Å²) in [5, 5.41) is 0. The van der Waals surface area contributed by atoms with Gasteiger partial charge in [0.1, 0.15) is 5.82 Å². The second-order valence-electron chi connectivity index (χ2n) is 4.64. The molecule has 17 heavy (non-hydrogen) atoms. The molecule has 1 unspecified atom stereocenters. The number of aromatic nitrogens is 3. The van der Waals surface area contributed by atoms with E-state index in [0.717, 1.165) is 11.3 Å². The fourth-order valence-corrected chi connectivity index (χ4v) is 1.78. The molecule has 0 saturated heterocycles. The van der Waals surface area contributed by atoms with E-state index in [4.69, 9.17) is 5.73 Å². The first-order valence-corrected chi connectivity index (χ1v) is 5.83. The van der Waals surface area contributed by atoms with Gasteiger partial charge in [-0.05, 0) is 25.0 Å². The quantitative estimate of drug-likeness (QED) is 0.882. The number of nitrogens with zero attached hydrogens (tertiary/aromatic N) is 3. The summed E-state index contributed by atoms with van der Waals surface area (Å²) in [4.78, 5) is 8.24. The van der Waals surface area contributed by atoms with Gasteiger partial charge in [0.25, 0.3) is 0 Å². The second-order valence-corrected chi connectivity index (χ2v) is 4.64. The lowest BCUT2D eigenvalue weighted by Gasteiger charge is -2.20. The third-order valence-corrected chi connectivity index (χ3v) is 3.15. The number of hydrogen-bond donors (Lipinski definition) is 1. The average molecular weight is 230 g/mol. The highest BCUT2D eigenvalue weighted by Crippen LogP contribution is 2.26. The highest BCUT2D eigenvalue weighted by atomic mass is 15.1. The van der Waals surface area contributed by atoms with Crippen LogP contribution in [0.2, 0.25) is 0 Å². The van der Waals surface area contributed by atoms with Gasteiger partial charge in [0.05, 0.1) is 18.2 Å². The Bertz CT molecular complexity index is 502. The minimum absolute atomic E-state index is 0.405. The van der Waals surface area contributed by atoms with Gasteiger partial charge >= 0.3 is 0 Å². The van der Waals surface area contributed by atoms with Crippen LogP contribution in [0.3, 0.4) is 0 Å². The summed E-state index contributed by atoms with van der Waals surface area (Å²) in [6.07, 6.45) is 5.46. The topological polar surface area (TPSA) is 56.7 Å². The Balaban J connectivity index is 2.43. The first kappa shape index (κ1) is 11.6. The van der Waals surface area contributed by atoms with Gasteiger partial charge in [-0.1, -0.05) is 13.8 Å². The van der Waals surface area contributed by atoms with Gasteiger partial charge in [-0.25, -0.2) is 9.97 Å². The van der Waals surface area contributed by atoms with E-state index in [-0.39, 0.29) is 0 Å². The van der Waals surface area contributed by atoms with Crippen LogP contribution in [-0.2, 0) is 0 Å². The molecule has 0 aliphatic heterocycles. The molecular weight excluding hydrogens is 212 g/mol. The van der Waals surface area contributed by atoms with Crippen molar-refractivity contribution < 1.29 is 0 Å². The number of pyridine rings is 1. The molecule has 0 bridgehead atoms. The maximum atomic E-state index is 5.71. The molecule has 0 amide bonds. The Labute approximate surface area is 102 Å². The van der Waals surface area contributed by atoms with Crippen LogP contribution in [0.4, 0.5) is 5.82 Å². The molecule has 4 heteroatoms. The minimum atomic E-state index is 0.405. The molecule has 2 aromatic heterocycles. The summed E-state index contributed by atoms with van der Waals surface area (Å²) < 4.78 is 2.18. The first-order valence-electron chi connectivity index (χ1n) is 5.83. The van der Waals surface area contributed by atoms with Crippen molar-refractivity contribution in [2.75, 3.05) is 5.73 Å². The predicted molar refractivity (Wildman–Crippen MR) is 69.4 cm³/mol. The molecule has 2 N–H and O–H groups in total. The number of hydrogen-bond acceptors (Lipinski definition) is 3. The maximum absolute atomic E-state index is 5.71. The van der Waals surface area contributed by atoms with Crippen molar-refractivity contribution in [3.8, 4) is 11.3 Å². The molecule has 1 atom stereocenters. The molecule has 0 aromatic carbocycles. The largest absolute Gasteiger partial charge is 0.384 e. The van der Waals surface area contributed by atoms with Crippen LogP contribution in [0.5, 0.6) is 0 Å². The summed E-state index contributed by atoms with van der Waals surface area (Å²) >= 11 is 0. The summed E-state index contributed by atoms with van der Waals surface area (Å²) in [5.41, 5.74) is 7.85. The van der Waals surface area contributed by atoms with Crippen LogP contribution in [0.25, 0.3) is 11.3 Å². The molecule has 0 radical (unpaired) electrons. The van der Waals surface area contributed by atoms with Crippen molar-refractivity contribution in [1.29, 1.82) is 0 Å². The van der Waals surface area contributed by atoms with Gasteiger partial charge in [-0.15, -0.1) is 0 Å². The first-order chi connectivity index (χ1) is 8.09. The van der Waals surface area contributed by atoms with Crippen LogP contribution >= 0.6 is 0 Å². The lowest BCUT2D eigenvalue weighted by molar-refractivity contribution is 0.411. The zero-order chi connectivity index (χ0) is 12.4. The third kappa shape index (κ3) is 2.30. The predicted octanol–water partition coefficient (Wildman–Crippen LogP) is 2.74. The van der Waals surface area contributed by atoms with E-state index in [9.17, 15) is 0 Å². The van der Waals surface area contributed by atoms with Gasteiger partial charge in [-0.3, -0.25) is 0 Å². The Morgan fingerprint density at radius 2 is 2.06 bits per heavy atom. The zero-order valence-corrected chi connectivity index (χ0v) is 10.5. The fraction of sp³-hybridized carbons (Fsp3) is 0.385. The molecule has 2 heterocycles. The van der Waals surface area contributed by atoms with E-state index in [1.54, 1.807) is 6.20 Å². The van der Waals surface area contributed by atoms with E-state index in [1.807, 2.05) is 24.7 Å². The maximum Gasteiger partial charge on any atom is 0.123 e. The van der Waals surface area contributed by atoms with Gasteiger partial charge in [0.15, 0.2) is 0 Å². The minimum Gasteiger partial charge on any atom is -0.384 e. The number of rotatable bonds is 3. The summed E-state index contributed by atoms with van der Waals surface area (Å²) in [5.74, 6) is 1.09. The van der Waals surface area contributed by atoms with Gasteiger partial charge in [-0.2, -0.15) is 0 Å². The molecule has 0 aliphatic rings. The van der Waals surface area contributed by atoms with Gasteiger partial charge in [0.2, 0.25) is 0 Å². The van der Waals surface area contributed by atoms with Crippen LogP contribution in [0, 0.1) is 5.92 Å². The highest BCUT2D eigenvalue weighted by molar-refractivity contribution is 5.61. The number of anilines is 1. The van der Waals surface area contributed by atoms with Gasteiger partial charge in [0, 0.05) is 17.8 Å². The lowest BCUT2D eigenvalue weighted by Crippen LogP contribution is -2.11. The van der Waals surface area contributed by atoms with E-state index in [0.29, 0.717) is 17.8 Å². The number of nitrogen functional groups attached to an aromatic ring is 1. The molecular formula is C13H18N4. The standard InChI is InChI=1S/C13H18N4/c1-9(2)10(3)17-8-15-7-12(17)11-4-5-16-13(14)6-11/h4-10H,1-3H3,(H2,14,16). The summed E-state index contributed by atoms with van der Waals surface area (Å²) in [6, 6.07) is 4.24. The van der Waals surface area contributed by atoms with Crippen molar-refractivity contribution >= 4 is 5.82 Å². The Kier molecular flexibility index (Phi) is 3.13. The van der Waals surface area contributed by atoms with Crippen molar-refractivity contribution in [1.82, 2.24) is 14.5 Å². The van der Waals surface area contributed by atoms with E-state index >= 15 is 0 Å². The zero-order valence-electron chi connectivity index (χ0n) is 10.5. The van der Waals surface area contributed by atoms with Crippen LogP contribution < -0.4 is 5.73 Å². The van der Waals surface area contributed by atoms with Crippen LogP contribution in [0.1, 0.15) is 26.8 Å². The summed E-state index contributed by atoms with van der Waals surface area (Å²) in [6.45, 7) is 6.60. The van der Waals surface area contributed by atoms with E-state index in [2.05, 4.69) is 35.3 Å². The Morgan fingerprint density at radius 3 is 2.71 bits per heavy atom. The Morgan fingerprint density at radius 1 is 1.29 bits per heavy atom. The SMILES string of the molecule is CC(C)C(C)n1cncc1-c1ccnc(N)c1. The van der Waals surface area contributed by atoms with Crippen molar-refractivity contribution in [2.45, 2.75) is 26.8 Å². The molecule has 4 nitrogen and oxygen atoms in total. The third-order valence-electron chi connectivity index (χ3n) is 3.15. The number of imidazole rings is 1. The van der Waals surface area contributed by atoms with Crippen molar-refractivity contribution in [2.24, 2.45) is 5.92 Å². The van der Waals surface area contributed by atoms with Crippen LogP contribution in [-0.4, -0.2) is 14.5 Å². The summed E-state index contributed by atoms with van der Waals surface area (Å²) in [7, 11) is 0. The van der Waals surface area contributed by atoms with Gasteiger partial charge < -0.3 is 10.3 Å². The lowest BCUT2D eigenvalue weighted by atomic mass is 10.1. The molecule has 0 saturated carbocycles. The van der Waals surface area contributed by atoms with Crippen LogP contribution in [0.15, 0.2) is 30.9 Å². The molecule has 0 spiro atoms.